The first kappa shape index (κ1) is 8.23. The monoisotopic (exact) mass is 171 g/mol. The molecule has 0 spiro atoms. The van der Waals surface area contributed by atoms with E-state index in [1.807, 2.05) is 0 Å². The van der Waals surface area contributed by atoms with Crippen LogP contribution in [0, 0.1) is 0 Å². The zero-order valence-electron chi connectivity index (χ0n) is 6.13. The molecule has 0 radical (unpaired) electrons. The third-order valence-electron chi connectivity index (χ3n) is 1.27. The highest BCUT2D eigenvalue weighted by atomic mass is 32.1. The zero-order valence-corrected chi connectivity index (χ0v) is 6.94. The molecule has 0 saturated carbocycles. The largest absolute Gasteiger partial charge is 0.391 e. The van der Waals surface area contributed by atoms with E-state index in [1.165, 1.54) is 11.3 Å². The summed E-state index contributed by atoms with van der Waals surface area (Å²) in [6, 6.07) is 3.45. The molecule has 0 aromatic carbocycles. The minimum absolute atomic E-state index is 0.00165. The zero-order chi connectivity index (χ0) is 8.27. The molecule has 4 heteroatoms. The molecule has 0 saturated heterocycles. The Bertz CT molecular complexity index is 257. The Morgan fingerprint density at radius 3 is 2.91 bits per heavy atom. The summed E-state index contributed by atoms with van der Waals surface area (Å²) in [5.74, 6) is -0.102. The van der Waals surface area contributed by atoms with E-state index in [2.05, 4.69) is 5.32 Å². The fraction of sp³-hybridized carbons (Fsp3) is 0.286. The molecule has 60 valence electrons. The number of carbonyl (C=O) groups excluding carboxylic acids is 1. The second kappa shape index (κ2) is 3.50. The maximum atomic E-state index is 11.0. The maximum absolute atomic E-state index is 11.0. The van der Waals surface area contributed by atoms with E-state index in [1.54, 1.807) is 19.2 Å². The van der Waals surface area contributed by atoms with Crippen molar-refractivity contribution in [2.75, 3.05) is 7.05 Å². The molecule has 0 atom stereocenters. The Labute approximate surface area is 68.7 Å². The van der Waals surface area contributed by atoms with Crippen LogP contribution < -0.4 is 5.32 Å². The minimum atomic E-state index is -0.102. The van der Waals surface area contributed by atoms with Gasteiger partial charge in [0.2, 0.25) is 0 Å². The van der Waals surface area contributed by atoms with E-state index in [9.17, 15) is 4.79 Å². The molecule has 3 nitrogen and oxygen atoms in total. The number of thiophene rings is 1. The van der Waals surface area contributed by atoms with Crippen molar-refractivity contribution in [1.82, 2.24) is 5.32 Å². The Morgan fingerprint density at radius 1 is 1.73 bits per heavy atom. The number of hydrogen-bond acceptors (Lipinski definition) is 3. The van der Waals surface area contributed by atoms with E-state index >= 15 is 0 Å². The van der Waals surface area contributed by atoms with Gasteiger partial charge in [-0.2, -0.15) is 0 Å². The number of amides is 1. The fourth-order valence-electron chi connectivity index (χ4n) is 0.708. The van der Waals surface area contributed by atoms with Crippen LogP contribution in [0.25, 0.3) is 0 Å². The van der Waals surface area contributed by atoms with Gasteiger partial charge < -0.3 is 10.4 Å². The van der Waals surface area contributed by atoms with Crippen molar-refractivity contribution in [3.8, 4) is 0 Å². The van der Waals surface area contributed by atoms with Crippen molar-refractivity contribution in [2.24, 2.45) is 0 Å². The molecule has 0 unspecified atom stereocenters. The summed E-state index contributed by atoms with van der Waals surface area (Å²) < 4.78 is 0. The Hall–Kier alpha value is -0.870. The molecule has 1 rings (SSSR count). The van der Waals surface area contributed by atoms with Crippen LogP contribution in [0.5, 0.6) is 0 Å². The van der Waals surface area contributed by atoms with E-state index in [0.717, 1.165) is 4.88 Å². The summed E-state index contributed by atoms with van der Waals surface area (Å²) in [5.41, 5.74) is 0. The average molecular weight is 171 g/mol. The first-order chi connectivity index (χ1) is 5.27. The summed E-state index contributed by atoms with van der Waals surface area (Å²) in [6.07, 6.45) is 0. The number of carbonyl (C=O) groups is 1. The van der Waals surface area contributed by atoms with Gasteiger partial charge in [0.1, 0.15) is 0 Å². The van der Waals surface area contributed by atoms with Crippen molar-refractivity contribution in [1.29, 1.82) is 0 Å². The van der Waals surface area contributed by atoms with Crippen molar-refractivity contribution in [3.63, 3.8) is 0 Å². The molecule has 0 aliphatic heterocycles. The van der Waals surface area contributed by atoms with Gasteiger partial charge in [0.05, 0.1) is 11.5 Å². The van der Waals surface area contributed by atoms with Crippen molar-refractivity contribution in [3.05, 3.63) is 21.9 Å². The predicted molar refractivity (Wildman–Crippen MR) is 43.6 cm³/mol. The molecule has 0 bridgehead atoms. The number of aliphatic hydroxyl groups excluding tert-OH is 1. The smallest absolute Gasteiger partial charge is 0.261 e. The molecule has 1 aromatic heterocycles. The van der Waals surface area contributed by atoms with Crippen LogP contribution in [-0.2, 0) is 6.61 Å². The molecule has 1 heterocycles. The van der Waals surface area contributed by atoms with Gasteiger partial charge in [-0.25, -0.2) is 0 Å². The average Bonchev–Trinajstić information content (AvgIpc) is 2.50. The first-order valence-electron chi connectivity index (χ1n) is 3.19. The number of aliphatic hydroxyl groups is 1. The van der Waals surface area contributed by atoms with E-state index in [-0.39, 0.29) is 12.5 Å². The first-order valence-corrected chi connectivity index (χ1v) is 4.01. The molecule has 0 aliphatic carbocycles. The third kappa shape index (κ3) is 1.78. The highest BCUT2D eigenvalue weighted by Gasteiger charge is 2.05. The summed E-state index contributed by atoms with van der Waals surface area (Å²) >= 11 is 1.30. The van der Waals surface area contributed by atoms with Gasteiger partial charge >= 0.3 is 0 Å². The highest BCUT2D eigenvalue weighted by Crippen LogP contribution is 2.15. The molecule has 11 heavy (non-hydrogen) atoms. The van der Waals surface area contributed by atoms with Gasteiger partial charge in [-0.05, 0) is 12.1 Å². The lowest BCUT2D eigenvalue weighted by atomic mass is 10.4. The molecule has 2 N–H and O–H groups in total. The number of nitrogens with one attached hydrogen (secondary N) is 1. The van der Waals surface area contributed by atoms with Crippen LogP contribution in [0.2, 0.25) is 0 Å². The summed E-state index contributed by atoms with van der Waals surface area (Å²) in [5, 5.41) is 11.2. The van der Waals surface area contributed by atoms with Crippen LogP contribution in [0.3, 0.4) is 0 Å². The van der Waals surface area contributed by atoms with E-state index in [0.29, 0.717) is 4.88 Å². The topological polar surface area (TPSA) is 49.3 Å². The van der Waals surface area contributed by atoms with Crippen LogP contribution in [0.1, 0.15) is 14.5 Å². The van der Waals surface area contributed by atoms with E-state index in [4.69, 9.17) is 5.11 Å². The second-order valence-electron chi connectivity index (χ2n) is 2.00. The molecular formula is C7H9NO2S. The highest BCUT2D eigenvalue weighted by molar-refractivity contribution is 7.14. The maximum Gasteiger partial charge on any atom is 0.261 e. The molecular weight excluding hydrogens is 162 g/mol. The number of rotatable bonds is 2. The molecule has 0 fully saturated rings. The number of hydrogen-bond donors (Lipinski definition) is 2. The van der Waals surface area contributed by atoms with Crippen molar-refractivity contribution in [2.45, 2.75) is 6.61 Å². The van der Waals surface area contributed by atoms with Crippen LogP contribution in [0.4, 0.5) is 0 Å². The molecule has 1 aromatic rings. The van der Waals surface area contributed by atoms with Crippen LogP contribution in [-0.4, -0.2) is 18.1 Å². The standard InChI is InChI=1S/C7H9NO2S/c1-8-7(10)6-3-2-5(4-9)11-6/h2-3,9H,4H2,1H3,(H,8,10). The predicted octanol–water partition coefficient (Wildman–Crippen LogP) is 0.600. The Kier molecular flexibility index (Phi) is 2.62. The van der Waals surface area contributed by atoms with Gasteiger partial charge in [0.25, 0.3) is 5.91 Å². The lowest BCUT2D eigenvalue weighted by Crippen LogP contribution is -2.15. The fourth-order valence-corrected chi connectivity index (χ4v) is 1.52. The van der Waals surface area contributed by atoms with Crippen molar-refractivity contribution >= 4 is 17.2 Å². The Balaban J connectivity index is 2.80. The lowest BCUT2D eigenvalue weighted by Gasteiger charge is -1.91. The Morgan fingerprint density at radius 2 is 2.45 bits per heavy atom. The quantitative estimate of drug-likeness (QED) is 0.684. The molecule has 1 amide bonds. The minimum Gasteiger partial charge on any atom is -0.391 e. The van der Waals surface area contributed by atoms with E-state index < -0.39 is 0 Å². The summed E-state index contributed by atoms with van der Waals surface area (Å²) in [7, 11) is 1.58. The summed E-state index contributed by atoms with van der Waals surface area (Å²) in [4.78, 5) is 12.4. The third-order valence-corrected chi connectivity index (χ3v) is 2.34. The van der Waals surface area contributed by atoms with Crippen molar-refractivity contribution < 1.29 is 9.90 Å². The van der Waals surface area contributed by atoms with Gasteiger partial charge in [-0.3, -0.25) is 4.79 Å². The van der Waals surface area contributed by atoms with Gasteiger partial charge in [0, 0.05) is 11.9 Å². The SMILES string of the molecule is CNC(=O)c1ccc(CO)s1. The van der Waals surface area contributed by atoms with Crippen LogP contribution >= 0.6 is 11.3 Å². The molecule has 0 aliphatic rings. The van der Waals surface area contributed by atoms with Crippen LogP contribution in [0.15, 0.2) is 12.1 Å². The van der Waals surface area contributed by atoms with Gasteiger partial charge in [-0.1, -0.05) is 0 Å². The lowest BCUT2D eigenvalue weighted by molar-refractivity contribution is 0.0967. The summed E-state index contributed by atoms with van der Waals surface area (Å²) in [6.45, 7) is 0.00165. The normalized spacial score (nSPS) is 9.64. The van der Waals surface area contributed by atoms with Gasteiger partial charge in [0.15, 0.2) is 0 Å². The van der Waals surface area contributed by atoms with Gasteiger partial charge in [-0.15, -0.1) is 11.3 Å². The second-order valence-corrected chi connectivity index (χ2v) is 3.17.